The lowest BCUT2D eigenvalue weighted by Crippen LogP contribution is -2.43. The Morgan fingerprint density at radius 3 is 2.62 bits per heavy atom. The highest BCUT2D eigenvalue weighted by molar-refractivity contribution is 6.23. The van der Waals surface area contributed by atoms with E-state index in [1.54, 1.807) is 16.0 Å². The lowest BCUT2D eigenvalue weighted by Gasteiger charge is -2.30. The first-order chi connectivity index (χ1) is 16.1. The summed E-state index contributed by atoms with van der Waals surface area (Å²) in [6, 6.07) is 1.75. The summed E-state index contributed by atoms with van der Waals surface area (Å²) >= 11 is 0. The van der Waals surface area contributed by atoms with Crippen LogP contribution in [0.2, 0.25) is 0 Å². The lowest BCUT2D eigenvalue weighted by atomic mass is 10.0. The molecule has 0 saturated carbocycles. The first-order valence-corrected chi connectivity index (χ1v) is 10.9. The molecule has 1 unspecified atom stereocenters. The number of aliphatic imine (C=N–C) groups is 1. The summed E-state index contributed by atoms with van der Waals surface area (Å²) in [7, 11) is 0. The zero-order valence-corrected chi connectivity index (χ0v) is 18.7. The van der Waals surface area contributed by atoms with Gasteiger partial charge in [0, 0.05) is 31.4 Å². The number of fused-ring (bicyclic) bond motifs is 1. The molecule has 7 nitrogen and oxygen atoms in total. The van der Waals surface area contributed by atoms with E-state index in [4.69, 9.17) is 4.74 Å². The van der Waals surface area contributed by atoms with Crippen LogP contribution in [0.5, 0.6) is 0 Å². The van der Waals surface area contributed by atoms with Gasteiger partial charge >= 0.3 is 6.18 Å². The molecule has 0 bridgehead atoms. The molecule has 1 aromatic carbocycles. The van der Waals surface area contributed by atoms with Crippen molar-refractivity contribution in [2.75, 3.05) is 32.8 Å². The number of halogens is 4. The van der Waals surface area contributed by atoms with Gasteiger partial charge in [0.25, 0.3) is 11.8 Å². The van der Waals surface area contributed by atoms with Gasteiger partial charge in [0.1, 0.15) is 11.7 Å². The van der Waals surface area contributed by atoms with Crippen molar-refractivity contribution in [2.24, 2.45) is 4.99 Å². The molecule has 0 spiro atoms. The molecule has 3 heterocycles. The number of benzene rings is 1. The van der Waals surface area contributed by atoms with Crippen LogP contribution in [-0.4, -0.2) is 66.3 Å². The smallest absolute Gasteiger partial charge is 0.378 e. The Labute approximate surface area is 193 Å². The van der Waals surface area contributed by atoms with E-state index in [0.29, 0.717) is 44.8 Å². The average Bonchev–Trinajstić information content (AvgIpc) is 3.17. The maximum atomic E-state index is 14.6. The highest BCUT2D eigenvalue weighted by atomic mass is 19.4. The molecule has 0 radical (unpaired) electrons. The summed E-state index contributed by atoms with van der Waals surface area (Å²) in [5.74, 6) is -2.00. The van der Waals surface area contributed by atoms with Crippen molar-refractivity contribution in [3.05, 3.63) is 58.6 Å². The number of amides is 2. The lowest BCUT2D eigenvalue weighted by molar-refractivity contribution is -0.140. The fourth-order valence-electron chi connectivity index (χ4n) is 4.15. The van der Waals surface area contributed by atoms with Crippen LogP contribution < -0.4 is 5.32 Å². The molecule has 4 rings (SSSR count). The summed E-state index contributed by atoms with van der Waals surface area (Å²) in [5, 5.41) is 2.56. The van der Waals surface area contributed by atoms with Crippen LogP contribution >= 0.6 is 0 Å². The van der Waals surface area contributed by atoms with Gasteiger partial charge < -0.3 is 19.9 Å². The van der Waals surface area contributed by atoms with Crippen LogP contribution in [0.4, 0.5) is 17.6 Å². The molecule has 1 fully saturated rings. The Morgan fingerprint density at radius 2 is 1.94 bits per heavy atom. The minimum absolute atomic E-state index is 0.0997. The van der Waals surface area contributed by atoms with Gasteiger partial charge in [0.2, 0.25) is 0 Å². The maximum Gasteiger partial charge on any atom is 0.419 e. The normalized spacial score (nSPS) is 21.4. The predicted octanol–water partition coefficient (Wildman–Crippen LogP) is 2.81. The van der Waals surface area contributed by atoms with Gasteiger partial charge in [-0.1, -0.05) is 12.1 Å². The molecule has 0 aliphatic carbocycles. The Hall–Kier alpha value is -3.21. The van der Waals surface area contributed by atoms with E-state index in [0.717, 1.165) is 6.07 Å². The number of morpholine rings is 1. The minimum Gasteiger partial charge on any atom is -0.378 e. The van der Waals surface area contributed by atoms with Gasteiger partial charge in [-0.25, -0.2) is 4.39 Å². The van der Waals surface area contributed by atoms with Crippen LogP contribution in [0, 0.1) is 5.82 Å². The second kappa shape index (κ2) is 9.21. The Morgan fingerprint density at radius 1 is 1.24 bits per heavy atom. The largest absolute Gasteiger partial charge is 0.419 e. The Kier molecular flexibility index (Phi) is 6.48. The minimum atomic E-state index is -4.86. The quantitative estimate of drug-likeness (QED) is 0.673. The van der Waals surface area contributed by atoms with Gasteiger partial charge in [-0.15, -0.1) is 0 Å². The number of carbonyl (C=O) groups is 2. The van der Waals surface area contributed by atoms with Crippen LogP contribution in [-0.2, 0) is 20.5 Å². The first-order valence-electron chi connectivity index (χ1n) is 10.9. The standard InChI is InChI=1S/C23H24F4N4O3/c1-13-11-31-12-15(22(33)30-6-8-34-9-7-30)10-17(20(31)28-13)21(32)29-14(2)16-4-3-5-18(19(16)24)23(25,26)27/h3-5,10,12-14H,6-9,11H2,1-2H3,(H,29,32)/t13?,14-/m1/s1. The van der Waals surface area contributed by atoms with E-state index < -0.39 is 29.5 Å². The van der Waals surface area contributed by atoms with Gasteiger partial charge in [0.15, 0.2) is 0 Å². The third-order valence-electron chi connectivity index (χ3n) is 5.85. The Bertz CT molecular complexity index is 1090. The van der Waals surface area contributed by atoms with E-state index in [-0.39, 0.29) is 28.7 Å². The Balaban J connectivity index is 1.59. The SMILES string of the molecule is CC1CN2C=C(C(=O)N3CCOCC3)C=C(C(=O)N[C@H](C)c3cccc(C(F)(F)F)c3F)C2=N1. The molecular formula is C23H24F4N4O3. The predicted molar refractivity (Wildman–Crippen MR) is 115 cm³/mol. The van der Waals surface area contributed by atoms with Crippen molar-refractivity contribution in [1.29, 1.82) is 0 Å². The molecule has 3 aliphatic heterocycles. The summed E-state index contributed by atoms with van der Waals surface area (Å²) in [6.07, 6.45) is -1.78. The number of nitrogens with one attached hydrogen (secondary N) is 1. The number of hydrogen-bond acceptors (Lipinski definition) is 5. The monoisotopic (exact) mass is 480 g/mol. The first kappa shape index (κ1) is 23.9. The third-order valence-corrected chi connectivity index (χ3v) is 5.85. The third kappa shape index (κ3) is 4.70. The number of alkyl halides is 3. The molecule has 3 aliphatic rings. The van der Waals surface area contributed by atoms with E-state index in [1.807, 2.05) is 6.92 Å². The van der Waals surface area contributed by atoms with Gasteiger partial charge in [0.05, 0.1) is 42.0 Å². The number of amidine groups is 1. The van der Waals surface area contributed by atoms with Gasteiger partial charge in [-0.05, 0) is 26.0 Å². The van der Waals surface area contributed by atoms with Gasteiger partial charge in [-0.2, -0.15) is 13.2 Å². The molecule has 2 amide bonds. The molecule has 34 heavy (non-hydrogen) atoms. The zero-order chi connectivity index (χ0) is 24.6. The second-order valence-corrected chi connectivity index (χ2v) is 8.40. The fraction of sp³-hybridized carbons (Fsp3) is 0.435. The van der Waals surface area contributed by atoms with Crippen LogP contribution in [0.3, 0.4) is 0 Å². The van der Waals surface area contributed by atoms with Gasteiger partial charge in [-0.3, -0.25) is 14.6 Å². The van der Waals surface area contributed by atoms with Crippen molar-refractivity contribution in [3.63, 3.8) is 0 Å². The average molecular weight is 480 g/mol. The van der Waals surface area contributed by atoms with E-state index in [2.05, 4.69) is 10.3 Å². The van der Waals surface area contributed by atoms with Crippen molar-refractivity contribution in [2.45, 2.75) is 32.1 Å². The second-order valence-electron chi connectivity index (χ2n) is 8.40. The van der Waals surface area contributed by atoms with Crippen molar-refractivity contribution in [1.82, 2.24) is 15.1 Å². The van der Waals surface area contributed by atoms with Crippen molar-refractivity contribution >= 4 is 17.6 Å². The summed E-state index contributed by atoms with van der Waals surface area (Å²) in [5.41, 5.74) is -1.30. The number of rotatable bonds is 4. The molecule has 1 saturated heterocycles. The molecular weight excluding hydrogens is 456 g/mol. The molecule has 11 heteroatoms. The molecule has 1 aromatic rings. The highest BCUT2D eigenvalue weighted by Crippen LogP contribution is 2.34. The molecule has 2 atom stereocenters. The summed E-state index contributed by atoms with van der Waals surface area (Å²) in [6.45, 7) is 5.42. The maximum absolute atomic E-state index is 14.6. The number of carbonyl (C=O) groups excluding carboxylic acids is 2. The topological polar surface area (TPSA) is 74.2 Å². The van der Waals surface area contributed by atoms with Crippen LogP contribution in [0.15, 0.2) is 46.6 Å². The number of nitrogens with zero attached hydrogens (tertiary/aromatic N) is 3. The van der Waals surface area contributed by atoms with Crippen molar-refractivity contribution in [3.8, 4) is 0 Å². The van der Waals surface area contributed by atoms with Crippen LogP contribution in [0.25, 0.3) is 0 Å². The number of ether oxygens (including phenoxy) is 1. The highest BCUT2D eigenvalue weighted by Gasteiger charge is 2.37. The number of hydrogen-bond donors (Lipinski definition) is 1. The summed E-state index contributed by atoms with van der Waals surface area (Å²) < 4.78 is 59.1. The van der Waals surface area contributed by atoms with E-state index in [1.165, 1.54) is 19.1 Å². The summed E-state index contributed by atoms with van der Waals surface area (Å²) in [4.78, 5) is 34.0. The molecule has 0 aromatic heterocycles. The molecule has 1 N–H and O–H groups in total. The van der Waals surface area contributed by atoms with E-state index >= 15 is 0 Å². The van der Waals surface area contributed by atoms with E-state index in [9.17, 15) is 27.2 Å². The van der Waals surface area contributed by atoms with Crippen molar-refractivity contribution < 1.29 is 31.9 Å². The fourth-order valence-corrected chi connectivity index (χ4v) is 4.15. The zero-order valence-electron chi connectivity index (χ0n) is 18.7. The molecule has 182 valence electrons. The van der Waals surface area contributed by atoms with Crippen LogP contribution in [0.1, 0.15) is 31.0 Å².